The number of ether oxygens (including phenoxy) is 1. The lowest BCUT2D eigenvalue weighted by Gasteiger charge is -2.07. The van der Waals surface area contributed by atoms with Gasteiger partial charge in [-0.15, -0.1) is 0 Å². The number of nitro benzene ring substituents is 1. The van der Waals surface area contributed by atoms with Crippen molar-refractivity contribution in [1.29, 1.82) is 0 Å². The number of hydrogen-bond donors (Lipinski definition) is 1. The Morgan fingerprint density at radius 2 is 1.81 bits per heavy atom. The van der Waals surface area contributed by atoms with Crippen molar-refractivity contribution in [1.82, 2.24) is 0 Å². The molecular weight excluding hydrogens is 369 g/mol. The number of rotatable bonds is 6. The maximum absolute atomic E-state index is 13.4. The maximum Gasteiger partial charge on any atom is 0.331 e. The van der Waals surface area contributed by atoms with Crippen LogP contribution in [0, 0.1) is 27.6 Å². The van der Waals surface area contributed by atoms with Crippen molar-refractivity contribution < 1.29 is 32.4 Å². The zero-order valence-corrected chi connectivity index (χ0v) is 13.4. The van der Waals surface area contributed by atoms with Gasteiger partial charge in [-0.05, 0) is 24.3 Å². The Morgan fingerprint density at radius 3 is 2.52 bits per heavy atom. The quantitative estimate of drug-likeness (QED) is 0.273. The molecule has 0 radical (unpaired) electrons. The first-order valence-electron chi connectivity index (χ1n) is 7.31. The minimum absolute atomic E-state index is 0.146. The molecule has 0 aliphatic rings. The summed E-state index contributed by atoms with van der Waals surface area (Å²) in [6, 6.07) is 7.06. The van der Waals surface area contributed by atoms with Gasteiger partial charge >= 0.3 is 5.97 Å². The predicted molar refractivity (Wildman–Crippen MR) is 88.0 cm³/mol. The van der Waals surface area contributed by atoms with Crippen molar-refractivity contribution in [3.63, 3.8) is 0 Å². The van der Waals surface area contributed by atoms with Crippen molar-refractivity contribution in [2.45, 2.75) is 0 Å². The normalized spacial score (nSPS) is 10.6. The Hall–Kier alpha value is -3.69. The van der Waals surface area contributed by atoms with Gasteiger partial charge in [0.15, 0.2) is 24.1 Å². The molecule has 0 aliphatic heterocycles. The minimum atomic E-state index is -1.75. The molecule has 0 heterocycles. The number of hydrogen-bond acceptors (Lipinski definition) is 5. The zero-order chi connectivity index (χ0) is 20.0. The van der Waals surface area contributed by atoms with Crippen LogP contribution in [0.5, 0.6) is 0 Å². The minimum Gasteiger partial charge on any atom is -0.452 e. The summed E-state index contributed by atoms with van der Waals surface area (Å²) in [5.41, 5.74) is -0.703. The van der Waals surface area contributed by atoms with Crippen LogP contribution in [0.4, 0.5) is 24.5 Å². The van der Waals surface area contributed by atoms with Crippen LogP contribution in [0.25, 0.3) is 6.08 Å². The fourth-order valence-corrected chi connectivity index (χ4v) is 1.95. The van der Waals surface area contributed by atoms with Crippen molar-refractivity contribution >= 4 is 29.3 Å². The highest BCUT2D eigenvalue weighted by Gasteiger charge is 2.16. The van der Waals surface area contributed by atoms with Crippen LogP contribution in [-0.4, -0.2) is 23.4 Å². The van der Waals surface area contributed by atoms with Gasteiger partial charge in [-0.2, -0.15) is 0 Å². The van der Waals surface area contributed by atoms with E-state index in [0.29, 0.717) is 6.07 Å². The summed E-state index contributed by atoms with van der Waals surface area (Å²) in [4.78, 5) is 33.4. The molecule has 140 valence electrons. The Kier molecular flexibility index (Phi) is 6.26. The summed E-state index contributed by atoms with van der Waals surface area (Å²) in [6.07, 6.45) is 2.00. The summed E-state index contributed by atoms with van der Waals surface area (Å²) >= 11 is 0. The third kappa shape index (κ3) is 5.14. The summed E-state index contributed by atoms with van der Waals surface area (Å²) in [5.74, 6) is -6.75. The molecule has 2 rings (SSSR count). The second-order valence-electron chi connectivity index (χ2n) is 5.03. The first kappa shape index (κ1) is 19.6. The van der Waals surface area contributed by atoms with Crippen LogP contribution in [0.15, 0.2) is 42.5 Å². The molecule has 0 aliphatic carbocycles. The number of nitro groups is 1. The molecule has 7 nitrogen and oxygen atoms in total. The van der Waals surface area contributed by atoms with Gasteiger partial charge in [0, 0.05) is 12.1 Å². The number of carbonyl (C=O) groups excluding carboxylic acids is 2. The lowest BCUT2D eigenvalue weighted by atomic mass is 10.1. The van der Waals surface area contributed by atoms with Crippen LogP contribution in [-0.2, 0) is 14.3 Å². The smallest absolute Gasteiger partial charge is 0.331 e. The second kappa shape index (κ2) is 8.61. The van der Waals surface area contributed by atoms with Crippen molar-refractivity contribution in [2.75, 3.05) is 11.9 Å². The van der Waals surface area contributed by atoms with Crippen molar-refractivity contribution in [3.05, 3.63) is 75.6 Å². The summed E-state index contributed by atoms with van der Waals surface area (Å²) < 4.78 is 43.9. The molecule has 2 aromatic carbocycles. The fourth-order valence-electron chi connectivity index (χ4n) is 1.95. The lowest BCUT2D eigenvalue weighted by molar-refractivity contribution is -0.385. The largest absolute Gasteiger partial charge is 0.452 e. The molecule has 0 aromatic heterocycles. The molecule has 0 spiro atoms. The molecule has 0 unspecified atom stereocenters. The molecule has 2 aromatic rings. The molecule has 0 saturated carbocycles. The van der Waals surface area contributed by atoms with E-state index in [1.54, 1.807) is 0 Å². The number of nitrogens with zero attached hydrogens (tertiary/aromatic N) is 1. The number of nitrogens with one attached hydrogen (secondary N) is 1. The molecule has 10 heteroatoms. The van der Waals surface area contributed by atoms with Gasteiger partial charge in [-0.25, -0.2) is 18.0 Å². The highest BCUT2D eigenvalue weighted by atomic mass is 19.2. The first-order valence-corrected chi connectivity index (χ1v) is 7.31. The van der Waals surface area contributed by atoms with E-state index in [0.717, 1.165) is 18.2 Å². The van der Waals surface area contributed by atoms with Gasteiger partial charge in [0.25, 0.3) is 11.6 Å². The Labute approximate surface area is 150 Å². The number of amides is 1. The average Bonchev–Trinajstić information content (AvgIpc) is 2.65. The topological polar surface area (TPSA) is 98.5 Å². The van der Waals surface area contributed by atoms with Crippen LogP contribution in [0.3, 0.4) is 0 Å². The summed E-state index contributed by atoms with van der Waals surface area (Å²) in [5, 5.41) is 12.8. The molecule has 0 fully saturated rings. The molecule has 0 bridgehead atoms. The fraction of sp³-hybridized carbons (Fsp3) is 0.0588. The van der Waals surface area contributed by atoms with Crippen molar-refractivity contribution in [3.8, 4) is 0 Å². The number of anilines is 1. The summed E-state index contributed by atoms with van der Waals surface area (Å²) in [6.45, 7) is -0.835. The van der Waals surface area contributed by atoms with Gasteiger partial charge in [0.2, 0.25) is 0 Å². The van der Waals surface area contributed by atoms with E-state index in [1.165, 1.54) is 24.3 Å². The van der Waals surface area contributed by atoms with Crippen molar-refractivity contribution in [2.24, 2.45) is 0 Å². The Bertz CT molecular complexity index is 931. The van der Waals surface area contributed by atoms with Gasteiger partial charge in [-0.1, -0.05) is 12.1 Å². The van der Waals surface area contributed by atoms with Crippen LogP contribution in [0.2, 0.25) is 0 Å². The number of esters is 1. The number of para-hydroxylation sites is 1. The van der Waals surface area contributed by atoms with Crippen LogP contribution >= 0.6 is 0 Å². The van der Waals surface area contributed by atoms with E-state index in [2.05, 4.69) is 4.74 Å². The van der Waals surface area contributed by atoms with E-state index < -0.39 is 46.5 Å². The average molecular weight is 380 g/mol. The van der Waals surface area contributed by atoms with Gasteiger partial charge in [-0.3, -0.25) is 14.9 Å². The number of carbonyl (C=O) groups is 2. The monoisotopic (exact) mass is 380 g/mol. The third-order valence-corrected chi connectivity index (χ3v) is 3.19. The summed E-state index contributed by atoms with van der Waals surface area (Å²) in [7, 11) is 0. The maximum atomic E-state index is 13.4. The number of benzene rings is 2. The molecule has 1 amide bonds. The van der Waals surface area contributed by atoms with E-state index in [1.807, 2.05) is 5.32 Å². The molecule has 0 atom stereocenters. The van der Waals surface area contributed by atoms with Gasteiger partial charge in [0.05, 0.1) is 16.2 Å². The Balaban J connectivity index is 1.93. The first-order chi connectivity index (χ1) is 12.8. The van der Waals surface area contributed by atoms with E-state index in [-0.39, 0.29) is 11.3 Å². The van der Waals surface area contributed by atoms with Crippen LogP contribution < -0.4 is 5.32 Å². The van der Waals surface area contributed by atoms with E-state index in [4.69, 9.17) is 0 Å². The SMILES string of the molecule is O=C(COC(=O)/C=C/c1ccccc1[N+](=O)[O-])Nc1ccc(F)c(F)c1F. The molecule has 27 heavy (non-hydrogen) atoms. The lowest BCUT2D eigenvalue weighted by Crippen LogP contribution is -2.21. The number of halogens is 3. The third-order valence-electron chi connectivity index (χ3n) is 3.19. The highest BCUT2D eigenvalue weighted by molar-refractivity contribution is 5.94. The highest BCUT2D eigenvalue weighted by Crippen LogP contribution is 2.20. The molecule has 1 N–H and O–H groups in total. The van der Waals surface area contributed by atoms with Gasteiger partial charge < -0.3 is 10.1 Å². The van der Waals surface area contributed by atoms with Gasteiger partial charge in [0.1, 0.15) is 0 Å². The van der Waals surface area contributed by atoms with E-state index >= 15 is 0 Å². The molecular formula is C17H11F3N2O5. The Morgan fingerprint density at radius 1 is 1.11 bits per heavy atom. The standard InChI is InChI=1S/C17H11F3N2O5/c18-11-6-7-12(17(20)16(11)19)21-14(23)9-27-15(24)8-5-10-3-1-2-4-13(10)22(25)26/h1-8H,9H2,(H,21,23)/b8-5+. The second-order valence-corrected chi connectivity index (χ2v) is 5.03. The van der Waals surface area contributed by atoms with Crippen LogP contribution in [0.1, 0.15) is 5.56 Å². The predicted octanol–water partition coefficient (Wildman–Crippen LogP) is 3.21. The van der Waals surface area contributed by atoms with E-state index in [9.17, 15) is 32.9 Å². The molecule has 0 saturated heterocycles. The zero-order valence-electron chi connectivity index (χ0n) is 13.4.